The van der Waals surface area contributed by atoms with Gasteiger partial charge in [0, 0.05) is 38.8 Å². The highest BCUT2D eigenvalue weighted by Crippen LogP contribution is 2.27. The molecule has 0 spiro atoms. The molecule has 0 saturated heterocycles. The van der Waals surface area contributed by atoms with Crippen LogP contribution in [-0.4, -0.2) is 52.4 Å². The molecule has 0 aliphatic carbocycles. The van der Waals surface area contributed by atoms with Crippen molar-refractivity contribution in [1.29, 1.82) is 0 Å². The number of fused-ring (bicyclic) bond motifs is 1. The van der Waals surface area contributed by atoms with Crippen molar-refractivity contribution in [3.63, 3.8) is 0 Å². The van der Waals surface area contributed by atoms with Gasteiger partial charge in [0.1, 0.15) is 11.9 Å². The van der Waals surface area contributed by atoms with E-state index in [-0.39, 0.29) is 11.8 Å². The zero-order valence-electron chi connectivity index (χ0n) is 20.2. The van der Waals surface area contributed by atoms with Crippen molar-refractivity contribution in [2.24, 2.45) is 11.3 Å². The number of aromatic nitrogens is 2. The van der Waals surface area contributed by atoms with E-state index in [2.05, 4.69) is 33.9 Å². The smallest absolute Gasteiger partial charge is 0.272 e. The molecule has 1 atom stereocenters. The SMILES string of the molecule is CNC(=O)C(NC(=O)c1nc(-c2ccccc2)n2c1CN(CC(C)C)CCC2)C(C)(C)C. The molecule has 2 amide bonds. The summed E-state index contributed by atoms with van der Waals surface area (Å²) >= 11 is 0. The number of carbonyl (C=O) groups excluding carboxylic acids is 2. The molecule has 0 radical (unpaired) electrons. The van der Waals surface area contributed by atoms with Gasteiger partial charge in [-0.25, -0.2) is 4.98 Å². The number of likely N-dealkylation sites (N-methyl/N-ethyl adjacent to an activating group) is 1. The van der Waals surface area contributed by atoms with Crippen LogP contribution in [0.15, 0.2) is 30.3 Å². The molecule has 1 unspecified atom stereocenters. The van der Waals surface area contributed by atoms with Crippen molar-refractivity contribution < 1.29 is 9.59 Å². The van der Waals surface area contributed by atoms with E-state index in [1.54, 1.807) is 7.05 Å². The lowest BCUT2D eigenvalue weighted by atomic mass is 9.86. The standard InChI is InChI=1S/C25H37N5O2/c1-17(2)15-29-13-10-14-30-19(16-29)20(27-22(30)18-11-8-7-9-12-18)23(31)28-21(24(32)26-6)25(3,4)5/h7-9,11-12,17,21H,10,13-16H2,1-6H3,(H,26,32)(H,28,31). The fourth-order valence-electron chi connectivity index (χ4n) is 4.31. The van der Waals surface area contributed by atoms with Crippen LogP contribution in [0.5, 0.6) is 0 Å². The number of amides is 2. The summed E-state index contributed by atoms with van der Waals surface area (Å²) in [5, 5.41) is 5.64. The van der Waals surface area contributed by atoms with E-state index in [1.165, 1.54) is 0 Å². The number of imidazole rings is 1. The molecule has 0 fully saturated rings. The zero-order chi connectivity index (χ0) is 23.5. The van der Waals surface area contributed by atoms with Gasteiger partial charge in [0.15, 0.2) is 5.69 Å². The van der Waals surface area contributed by atoms with Gasteiger partial charge >= 0.3 is 0 Å². The van der Waals surface area contributed by atoms with Crippen LogP contribution in [0.2, 0.25) is 0 Å². The molecule has 2 N–H and O–H groups in total. The van der Waals surface area contributed by atoms with Gasteiger partial charge in [-0.15, -0.1) is 0 Å². The van der Waals surface area contributed by atoms with E-state index in [0.29, 0.717) is 18.2 Å². The lowest BCUT2D eigenvalue weighted by Crippen LogP contribution is -2.53. The molecule has 3 rings (SSSR count). The Hall–Kier alpha value is -2.67. The summed E-state index contributed by atoms with van der Waals surface area (Å²) < 4.78 is 2.19. The molecule has 1 aliphatic heterocycles. The van der Waals surface area contributed by atoms with E-state index in [4.69, 9.17) is 4.98 Å². The lowest BCUT2D eigenvalue weighted by Gasteiger charge is -2.29. The van der Waals surface area contributed by atoms with Gasteiger partial charge in [-0.3, -0.25) is 14.5 Å². The van der Waals surface area contributed by atoms with Gasteiger partial charge in [0.05, 0.1) is 5.69 Å². The Balaban J connectivity index is 2.04. The highest BCUT2D eigenvalue weighted by molar-refractivity contribution is 5.97. The van der Waals surface area contributed by atoms with Crippen molar-refractivity contribution in [1.82, 2.24) is 25.1 Å². The Labute approximate surface area is 191 Å². The molecule has 7 heteroatoms. The monoisotopic (exact) mass is 439 g/mol. The van der Waals surface area contributed by atoms with Crippen LogP contribution in [0.25, 0.3) is 11.4 Å². The maximum Gasteiger partial charge on any atom is 0.272 e. The van der Waals surface area contributed by atoms with Gasteiger partial charge in [-0.2, -0.15) is 0 Å². The molecule has 2 heterocycles. The van der Waals surface area contributed by atoms with Crippen molar-refractivity contribution in [3.8, 4) is 11.4 Å². The molecule has 1 aliphatic rings. The van der Waals surface area contributed by atoms with Gasteiger partial charge in [0.25, 0.3) is 5.91 Å². The Kier molecular flexibility index (Phi) is 7.39. The Morgan fingerprint density at radius 1 is 1.12 bits per heavy atom. The summed E-state index contributed by atoms with van der Waals surface area (Å²) in [4.78, 5) is 33.2. The highest BCUT2D eigenvalue weighted by Gasteiger charge is 2.34. The molecular formula is C25H37N5O2. The van der Waals surface area contributed by atoms with Crippen LogP contribution in [0.1, 0.15) is 57.2 Å². The fourth-order valence-corrected chi connectivity index (χ4v) is 4.31. The zero-order valence-corrected chi connectivity index (χ0v) is 20.2. The van der Waals surface area contributed by atoms with Crippen molar-refractivity contribution >= 4 is 11.8 Å². The number of hydrogen-bond acceptors (Lipinski definition) is 4. The normalized spacial score (nSPS) is 15.7. The largest absolute Gasteiger partial charge is 0.357 e. The third kappa shape index (κ3) is 5.38. The minimum absolute atomic E-state index is 0.208. The molecule has 174 valence electrons. The molecule has 1 aromatic carbocycles. The quantitative estimate of drug-likeness (QED) is 0.724. The Morgan fingerprint density at radius 3 is 2.41 bits per heavy atom. The second-order valence-electron chi connectivity index (χ2n) is 10.1. The molecule has 0 bridgehead atoms. The lowest BCUT2D eigenvalue weighted by molar-refractivity contribution is -0.124. The first-order chi connectivity index (χ1) is 15.1. The Bertz CT molecular complexity index is 943. The second kappa shape index (κ2) is 9.86. The first-order valence-electron chi connectivity index (χ1n) is 11.5. The minimum Gasteiger partial charge on any atom is -0.357 e. The van der Waals surface area contributed by atoms with Crippen LogP contribution >= 0.6 is 0 Å². The van der Waals surface area contributed by atoms with Crippen molar-refractivity contribution in [3.05, 3.63) is 41.7 Å². The van der Waals surface area contributed by atoms with Crippen LogP contribution < -0.4 is 10.6 Å². The van der Waals surface area contributed by atoms with E-state index in [1.807, 2.05) is 51.1 Å². The average molecular weight is 440 g/mol. The second-order valence-corrected chi connectivity index (χ2v) is 10.1. The molecular weight excluding hydrogens is 402 g/mol. The number of carbonyl (C=O) groups is 2. The van der Waals surface area contributed by atoms with Crippen LogP contribution in [-0.2, 0) is 17.9 Å². The van der Waals surface area contributed by atoms with E-state index in [9.17, 15) is 9.59 Å². The number of hydrogen-bond donors (Lipinski definition) is 2. The topological polar surface area (TPSA) is 79.3 Å². The number of benzene rings is 1. The molecule has 1 aromatic heterocycles. The van der Waals surface area contributed by atoms with Crippen molar-refractivity contribution in [2.75, 3.05) is 20.1 Å². The molecule has 0 saturated carbocycles. The molecule has 2 aromatic rings. The van der Waals surface area contributed by atoms with Gasteiger partial charge in [0.2, 0.25) is 5.91 Å². The molecule has 32 heavy (non-hydrogen) atoms. The first-order valence-corrected chi connectivity index (χ1v) is 11.5. The maximum absolute atomic E-state index is 13.5. The van der Waals surface area contributed by atoms with Crippen LogP contribution in [0.3, 0.4) is 0 Å². The van der Waals surface area contributed by atoms with Gasteiger partial charge < -0.3 is 15.2 Å². The third-order valence-electron chi connectivity index (χ3n) is 5.82. The predicted molar refractivity (Wildman–Crippen MR) is 127 cm³/mol. The first kappa shape index (κ1) is 24.0. The van der Waals surface area contributed by atoms with Crippen LogP contribution in [0, 0.1) is 11.3 Å². The highest BCUT2D eigenvalue weighted by atomic mass is 16.2. The number of nitrogens with one attached hydrogen (secondary N) is 2. The average Bonchev–Trinajstić information content (AvgIpc) is 2.96. The van der Waals surface area contributed by atoms with E-state index < -0.39 is 11.5 Å². The van der Waals surface area contributed by atoms with Crippen LogP contribution in [0.4, 0.5) is 0 Å². The number of rotatable bonds is 6. The van der Waals surface area contributed by atoms with Crippen molar-refractivity contribution in [2.45, 2.75) is 60.2 Å². The summed E-state index contributed by atoms with van der Waals surface area (Å²) in [5.74, 6) is 0.838. The summed E-state index contributed by atoms with van der Waals surface area (Å²) in [5.41, 5.74) is 1.89. The van der Waals surface area contributed by atoms with Gasteiger partial charge in [-0.1, -0.05) is 65.0 Å². The van der Waals surface area contributed by atoms with Gasteiger partial charge in [-0.05, 0) is 17.8 Å². The summed E-state index contributed by atoms with van der Waals surface area (Å²) in [6.45, 7) is 13.7. The summed E-state index contributed by atoms with van der Waals surface area (Å²) in [6.07, 6.45) is 1.000. The predicted octanol–water partition coefficient (Wildman–Crippen LogP) is 3.30. The summed E-state index contributed by atoms with van der Waals surface area (Å²) in [7, 11) is 1.59. The third-order valence-corrected chi connectivity index (χ3v) is 5.82. The minimum atomic E-state index is -0.657. The summed E-state index contributed by atoms with van der Waals surface area (Å²) in [6, 6.07) is 9.34. The molecule has 7 nitrogen and oxygen atoms in total. The maximum atomic E-state index is 13.5. The number of nitrogens with zero attached hydrogens (tertiary/aromatic N) is 3. The Morgan fingerprint density at radius 2 is 1.81 bits per heavy atom. The van der Waals surface area contributed by atoms with E-state index in [0.717, 1.165) is 43.1 Å². The van der Waals surface area contributed by atoms with E-state index >= 15 is 0 Å². The fraction of sp³-hybridized carbons (Fsp3) is 0.560.